The minimum atomic E-state index is -0.589. The van der Waals surface area contributed by atoms with Crippen LogP contribution in [0.25, 0.3) is 0 Å². The van der Waals surface area contributed by atoms with E-state index >= 15 is 0 Å². The van der Waals surface area contributed by atoms with Gasteiger partial charge in [0.25, 0.3) is 0 Å². The van der Waals surface area contributed by atoms with Gasteiger partial charge in [-0.1, -0.05) is 12.1 Å². The van der Waals surface area contributed by atoms with E-state index in [9.17, 15) is 9.50 Å². The van der Waals surface area contributed by atoms with E-state index in [1.165, 1.54) is 13.2 Å². The number of hydrogen-bond acceptors (Lipinski definition) is 4. The molecule has 0 saturated heterocycles. The lowest BCUT2D eigenvalue weighted by Crippen LogP contribution is -2.02. The molecule has 0 amide bonds. The SMILES string of the molecule is COc1ccc(CO)c(OCc2cccc(C#N)c2F)c1. The van der Waals surface area contributed by atoms with E-state index in [4.69, 9.17) is 14.7 Å². The molecule has 0 atom stereocenters. The quantitative estimate of drug-likeness (QED) is 0.918. The van der Waals surface area contributed by atoms with Gasteiger partial charge in [-0.15, -0.1) is 0 Å². The highest BCUT2D eigenvalue weighted by Gasteiger charge is 2.10. The molecule has 0 fully saturated rings. The summed E-state index contributed by atoms with van der Waals surface area (Å²) >= 11 is 0. The Bertz CT molecular complexity index is 680. The highest BCUT2D eigenvalue weighted by Crippen LogP contribution is 2.26. The first-order valence-electron chi connectivity index (χ1n) is 6.27. The highest BCUT2D eigenvalue weighted by atomic mass is 19.1. The van der Waals surface area contributed by atoms with Crippen LogP contribution in [0.15, 0.2) is 36.4 Å². The van der Waals surface area contributed by atoms with Crippen molar-refractivity contribution >= 4 is 0 Å². The minimum Gasteiger partial charge on any atom is -0.497 e. The van der Waals surface area contributed by atoms with E-state index in [2.05, 4.69) is 0 Å². The molecule has 1 N–H and O–H groups in total. The third-order valence-electron chi connectivity index (χ3n) is 3.03. The van der Waals surface area contributed by atoms with Crippen LogP contribution in [0.4, 0.5) is 4.39 Å². The first-order chi connectivity index (χ1) is 10.2. The number of rotatable bonds is 5. The van der Waals surface area contributed by atoms with Crippen LogP contribution in [0.2, 0.25) is 0 Å². The van der Waals surface area contributed by atoms with Gasteiger partial charge in [0.05, 0.1) is 19.3 Å². The summed E-state index contributed by atoms with van der Waals surface area (Å²) in [5.74, 6) is 0.403. The Morgan fingerprint density at radius 2 is 2.05 bits per heavy atom. The first-order valence-corrected chi connectivity index (χ1v) is 6.27. The number of aliphatic hydroxyl groups is 1. The maximum absolute atomic E-state index is 13.9. The van der Waals surface area contributed by atoms with Crippen LogP contribution in [0.3, 0.4) is 0 Å². The fourth-order valence-electron chi connectivity index (χ4n) is 1.86. The summed E-state index contributed by atoms with van der Waals surface area (Å²) in [5, 5.41) is 18.1. The summed E-state index contributed by atoms with van der Waals surface area (Å²) in [7, 11) is 1.52. The predicted molar refractivity (Wildman–Crippen MR) is 74.4 cm³/mol. The van der Waals surface area contributed by atoms with Crippen molar-refractivity contribution in [3.05, 3.63) is 58.9 Å². The van der Waals surface area contributed by atoms with Gasteiger partial charge in [0, 0.05) is 17.2 Å². The second-order valence-electron chi connectivity index (χ2n) is 4.31. The van der Waals surface area contributed by atoms with Gasteiger partial charge in [0.15, 0.2) is 0 Å². The number of aliphatic hydroxyl groups excluding tert-OH is 1. The molecule has 0 aliphatic carbocycles. The van der Waals surface area contributed by atoms with E-state index in [1.54, 1.807) is 36.4 Å². The van der Waals surface area contributed by atoms with Crippen molar-refractivity contribution in [2.75, 3.05) is 7.11 Å². The topological polar surface area (TPSA) is 62.5 Å². The summed E-state index contributed by atoms with van der Waals surface area (Å²) in [6, 6.07) is 11.3. The number of halogens is 1. The van der Waals surface area contributed by atoms with Gasteiger partial charge in [0.1, 0.15) is 30.0 Å². The van der Waals surface area contributed by atoms with Gasteiger partial charge in [-0.2, -0.15) is 5.26 Å². The number of ether oxygens (including phenoxy) is 2. The van der Waals surface area contributed by atoms with Gasteiger partial charge in [-0.25, -0.2) is 4.39 Å². The van der Waals surface area contributed by atoms with Crippen LogP contribution in [0.5, 0.6) is 11.5 Å². The largest absolute Gasteiger partial charge is 0.497 e. The summed E-state index contributed by atoms with van der Waals surface area (Å²) in [4.78, 5) is 0. The van der Waals surface area contributed by atoms with Crippen LogP contribution < -0.4 is 9.47 Å². The number of benzene rings is 2. The third kappa shape index (κ3) is 3.30. The van der Waals surface area contributed by atoms with Gasteiger partial charge < -0.3 is 14.6 Å². The Morgan fingerprint density at radius 1 is 1.24 bits per heavy atom. The normalized spacial score (nSPS) is 10.0. The molecule has 0 bridgehead atoms. The minimum absolute atomic E-state index is 0.0240. The summed E-state index contributed by atoms with van der Waals surface area (Å²) in [5.41, 5.74) is 0.831. The lowest BCUT2D eigenvalue weighted by Gasteiger charge is -2.12. The maximum atomic E-state index is 13.9. The molecule has 0 heterocycles. The molecule has 0 aliphatic heterocycles. The summed E-state index contributed by atoms with van der Waals surface area (Å²) in [6.07, 6.45) is 0. The van der Waals surface area contributed by atoms with E-state index in [-0.39, 0.29) is 24.3 Å². The van der Waals surface area contributed by atoms with Crippen LogP contribution in [0, 0.1) is 17.1 Å². The summed E-state index contributed by atoms with van der Waals surface area (Å²) < 4.78 is 24.6. The lowest BCUT2D eigenvalue weighted by atomic mass is 10.1. The second-order valence-corrected chi connectivity index (χ2v) is 4.31. The molecule has 21 heavy (non-hydrogen) atoms. The maximum Gasteiger partial charge on any atom is 0.147 e. The van der Waals surface area contributed by atoms with Crippen molar-refractivity contribution in [2.45, 2.75) is 13.2 Å². The molecule has 0 unspecified atom stereocenters. The fourth-order valence-corrected chi connectivity index (χ4v) is 1.86. The molecular weight excluding hydrogens is 273 g/mol. The number of methoxy groups -OCH3 is 1. The van der Waals surface area contributed by atoms with Crippen molar-refractivity contribution in [1.82, 2.24) is 0 Å². The first kappa shape index (κ1) is 14.8. The third-order valence-corrected chi connectivity index (χ3v) is 3.03. The average molecular weight is 287 g/mol. The molecule has 5 heteroatoms. The van der Waals surface area contributed by atoms with Crippen molar-refractivity contribution < 1.29 is 19.0 Å². The molecule has 108 valence electrons. The van der Waals surface area contributed by atoms with Crippen molar-refractivity contribution in [3.8, 4) is 17.6 Å². The standard InChI is InChI=1S/C16H14FNO3/c1-20-14-6-5-12(9-19)15(7-14)21-10-13-4-2-3-11(8-18)16(13)17/h2-7,19H,9-10H2,1H3. The molecule has 2 aromatic carbocycles. The van der Waals surface area contributed by atoms with Crippen molar-refractivity contribution in [3.63, 3.8) is 0 Å². The van der Waals surface area contributed by atoms with Gasteiger partial charge in [-0.05, 0) is 18.2 Å². The zero-order valence-electron chi connectivity index (χ0n) is 11.5. The van der Waals surface area contributed by atoms with Crippen LogP contribution >= 0.6 is 0 Å². The number of nitrogens with zero attached hydrogens (tertiary/aromatic N) is 1. The molecule has 0 spiro atoms. The Labute approximate surface area is 122 Å². The molecule has 0 aromatic heterocycles. The van der Waals surface area contributed by atoms with Crippen LogP contribution in [0.1, 0.15) is 16.7 Å². The number of nitriles is 1. The molecule has 2 aromatic rings. The van der Waals surface area contributed by atoms with Crippen molar-refractivity contribution in [2.24, 2.45) is 0 Å². The second kappa shape index (κ2) is 6.73. The zero-order valence-corrected chi connectivity index (χ0v) is 11.5. The Hall–Kier alpha value is -2.58. The van der Waals surface area contributed by atoms with E-state index in [0.29, 0.717) is 17.1 Å². The van der Waals surface area contributed by atoms with Gasteiger partial charge >= 0.3 is 0 Å². The van der Waals surface area contributed by atoms with E-state index in [0.717, 1.165) is 0 Å². The lowest BCUT2D eigenvalue weighted by molar-refractivity contribution is 0.256. The highest BCUT2D eigenvalue weighted by molar-refractivity contribution is 5.41. The Kier molecular flexibility index (Phi) is 4.75. The molecule has 0 radical (unpaired) electrons. The Balaban J connectivity index is 2.22. The zero-order chi connectivity index (χ0) is 15.2. The fraction of sp³-hybridized carbons (Fsp3) is 0.188. The van der Waals surface area contributed by atoms with E-state index in [1.807, 2.05) is 0 Å². The monoisotopic (exact) mass is 287 g/mol. The molecular formula is C16H14FNO3. The molecule has 2 rings (SSSR count). The molecule has 4 nitrogen and oxygen atoms in total. The van der Waals surface area contributed by atoms with Crippen molar-refractivity contribution in [1.29, 1.82) is 5.26 Å². The van der Waals surface area contributed by atoms with Crippen LogP contribution in [-0.2, 0) is 13.2 Å². The molecule has 0 aliphatic rings. The van der Waals surface area contributed by atoms with Crippen LogP contribution in [-0.4, -0.2) is 12.2 Å². The van der Waals surface area contributed by atoms with Gasteiger partial charge in [-0.3, -0.25) is 0 Å². The van der Waals surface area contributed by atoms with E-state index < -0.39 is 5.82 Å². The smallest absolute Gasteiger partial charge is 0.147 e. The molecule has 0 saturated carbocycles. The average Bonchev–Trinajstić information content (AvgIpc) is 2.53. The summed E-state index contributed by atoms with van der Waals surface area (Å²) in [6.45, 7) is -0.235. The number of hydrogen-bond donors (Lipinski definition) is 1. The Morgan fingerprint density at radius 3 is 2.71 bits per heavy atom. The predicted octanol–water partition coefficient (Wildman–Crippen LogP) is 2.78. The van der Waals surface area contributed by atoms with Gasteiger partial charge in [0.2, 0.25) is 0 Å².